The number of urea groups is 2. The zero-order valence-electron chi connectivity index (χ0n) is 23.8. The minimum absolute atomic E-state index is 0.0300. The second kappa shape index (κ2) is 14.8. The van der Waals surface area contributed by atoms with Gasteiger partial charge in [-0.15, -0.1) is 0 Å². The zero-order chi connectivity index (χ0) is 31.5. The maximum absolute atomic E-state index is 14.8. The number of aryl methyl sites for hydroxylation is 1. The van der Waals surface area contributed by atoms with Crippen LogP contribution in [-0.4, -0.2) is 39.5 Å². The number of halogens is 1. The fourth-order valence-electron chi connectivity index (χ4n) is 4.29. The smallest absolute Gasteiger partial charge is 0.328 e. The van der Waals surface area contributed by atoms with Crippen molar-refractivity contribution >= 4 is 33.7 Å². The van der Waals surface area contributed by atoms with Gasteiger partial charge in [0, 0.05) is 18.7 Å². The van der Waals surface area contributed by atoms with E-state index in [2.05, 4.69) is 21.3 Å². The average Bonchev–Trinajstić information content (AvgIpc) is 3.01. The monoisotopic (exact) mass is 617 g/mol. The van der Waals surface area contributed by atoms with Gasteiger partial charge in [-0.3, -0.25) is 4.79 Å². The fourth-order valence-corrected chi connectivity index (χ4v) is 5.32. The number of anilines is 1. The third-order valence-corrected chi connectivity index (χ3v) is 7.80. The number of carbonyl (C=O) groups excluding carboxylic acids is 3. The van der Waals surface area contributed by atoms with Crippen LogP contribution in [-0.2, 0) is 10.0 Å². The summed E-state index contributed by atoms with van der Waals surface area (Å²) in [6, 6.07) is 26.6. The lowest BCUT2D eigenvalue weighted by Gasteiger charge is -2.20. The van der Waals surface area contributed by atoms with Crippen molar-refractivity contribution in [1.29, 1.82) is 0 Å². The van der Waals surface area contributed by atoms with Gasteiger partial charge in [0.25, 0.3) is 15.9 Å². The van der Waals surface area contributed by atoms with Gasteiger partial charge in [0.15, 0.2) is 0 Å². The Morgan fingerprint density at radius 3 is 2.00 bits per heavy atom. The lowest BCUT2D eigenvalue weighted by atomic mass is 9.99. The third-order valence-electron chi connectivity index (χ3n) is 6.47. The SMILES string of the molecule is Cc1cccc(S(=O)(=O)NC(=O)NCCCNC(=O)c2ccc(NC(=O)NC(c3ccccc3)c3ccccc3)c(F)c2)c1. The van der Waals surface area contributed by atoms with E-state index >= 15 is 0 Å². The minimum atomic E-state index is -4.02. The normalized spacial score (nSPS) is 11.0. The summed E-state index contributed by atoms with van der Waals surface area (Å²) in [5.41, 5.74) is 2.37. The Morgan fingerprint density at radius 1 is 0.750 bits per heavy atom. The van der Waals surface area contributed by atoms with Crippen molar-refractivity contribution in [2.24, 2.45) is 0 Å². The molecule has 44 heavy (non-hydrogen) atoms. The highest BCUT2D eigenvalue weighted by atomic mass is 32.2. The highest BCUT2D eigenvalue weighted by Crippen LogP contribution is 2.22. The second-order valence-electron chi connectivity index (χ2n) is 9.83. The molecule has 228 valence electrons. The Balaban J connectivity index is 1.24. The van der Waals surface area contributed by atoms with Gasteiger partial charge in [0.2, 0.25) is 0 Å². The Hall–Kier alpha value is -5.23. The predicted molar refractivity (Wildman–Crippen MR) is 165 cm³/mol. The van der Waals surface area contributed by atoms with Crippen molar-refractivity contribution in [3.8, 4) is 0 Å². The molecule has 10 nitrogen and oxygen atoms in total. The lowest BCUT2D eigenvalue weighted by molar-refractivity contribution is 0.0953. The van der Waals surface area contributed by atoms with E-state index in [1.807, 2.05) is 65.4 Å². The summed E-state index contributed by atoms with van der Waals surface area (Å²) in [5.74, 6) is -1.35. The summed E-state index contributed by atoms with van der Waals surface area (Å²) < 4.78 is 41.4. The number of nitrogens with one attached hydrogen (secondary N) is 5. The summed E-state index contributed by atoms with van der Waals surface area (Å²) in [7, 11) is -4.02. The molecule has 0 aromatic heterocycles. The molecule has 12 heteroatoms. The molecule has 0 spiro atoms. The summed E-state index contributed by atoms with van der Waals surface area (Å²) in [5, 5.41) is 10.4. The molecule has 0 atom stereocenters. The lowest BCUT2D eigenvalue weighted by Crippen LogP contribution is -2.40. The first kappa shape index (κ1) is 31.7. The maximum Gasteiger partial charge on any atom is 0.328 e. The zero-order valence-corrected chi connectivity index (χ0v) is 24.7. The Labute approximate surface area is 255 Å². The first-order valence-corrected chi connectivity index (χ1v) is 15.2. The Kier molecular flexibility index (Phi) is 10.7. The number of hydrogen-bond acceptors (Lipinski definition) is 5. The van der Waals surface area contributed by atoms with E-state index in [4.69, 9.17) is 0 Å². The average molecular weight is 618 g/mol. The minimum Gasteiger partial charge on any atom is -0.352 e. The van der Waals surface area contributed by atoms with Crippen LogP contribution >= 0.6 is 0 Å². The molecule has 0 radical (unpaired) electrons. The van der Waals surface area contributed by atoms with Gasteiger partial charge in [-0.1, -0.05) is 72.8 Å². The molecule has 0 saturated heterocycles. The van der Waals surface area contributed by atoms with Crippen molar-refractivity contribution < 1.29 is 27.2 Å². The molecule has 0 aliphatic carbocycles. The third kappa shape index (κ3) is 8.88. The number of amides is 5. The number of hydrogen-bond donors (Lipinski definition) is 5. The molecule has 0 saturated carbocycles. The molecule has 4 aromatic rings. The summed E-state index contributed by atoms with van der Waals surface area (Å²) in [6.07, 6.45) is 0.288. The molecular weight excluding hydrogens is 585 g/mol. The van der Waals surface area contributed by atoms with Crippen LogP contribution in [0.5, 0.6) is 0 Å². The van der Waals surface area contributed by atoms with Gasteiger partial charge in [0.1, 0.15) is 5.82 Å². The van der Waals surface area contributed by atoms with Crippen LogP contribution in [0.4, 0.5) is 19.7 Å². The molecule has 0 fully saturated rings. The molecule has 4 aromatic carbocycles. The molecule has 0 bridgehead atoms. The number of rotatable bonds is 11. The van der Waals surface area contributed by atoms with Gasteiger partial charge in [0.05, 0.1) is 16.6 Å². The standard InChI is InChI=1S/C32H32FN5O5S/c1-22-10-8-15-26(20-22)44(42,43)38-31(40)35-19-9-18-34-30(39)25-16-17-28(27(33)21-25)36-32(41)37-29(23-11-4-2-5-12-23)24-13-6-3-7-14-24/h2-8,10-17,20-21,29H,9,18-19H2,1H3,(H,34,39)(H2,35,38,40)(H2,36,37,41). The molecule has 5 amide bonds. The second-order valence-corrected chi connectivity index (χ2v) is 11.5. The first-order chi connectivity index (χ1) is 21.1. The van der Waals surface area contributed by atoms with E-state index in [1.54, 1.807) is 19.1 Å². The van der Waals surface area contributed by atoms with Crippen molar-refractivity contribution in [2.45, 2.75) is 24.3 Å². The van der Waals surface area contributed by atoms with Gasteiger partial charge in [-0.05, 0) is 60.4 Å². The highest BCUT2D eigenvalue weighted by Gasteiger charge is 2.19. The van der Waals surface area contributed by atoms with Gasteiger partial charge >= 0.3 is 12.1 Å². The predicted octanol–water partition coefficient (Wildman–Crippen LogP) is 4.85. The van der Waals surface area contributed by atoms with E-state index < -0.39 is 39.9 Å². The number of sulfonamides is 1. The van der Waals surface area contributed by atoms with Gasteiger partial charge in [-0.2, -0.15) is 0 Å². The van der Waals surface area contributed by atoms with Crippen molar-refractivity contribution in [1.82, 2.24) is 20.7 Å². The van der Waals surface area contributed by atoms with Gasteiger partial charge < -0.3 is 21.3 Å². The molecule has 0 heterocycles. The maximum atomic E-state index is 14.8. The van der Waals surface area contributed by atoms with E-state index in [0.717, 1.165) is 22.8 Å². The van der Waals surface area contributed by atoms with Crippen LogP contribution < -0.4 is 26.0 Å². The quantitative estimate of drug-likeness (QED) is 0.153. The van der Waals surface area contributed by atoms with Crippen LogP contribution in [0.1, 0.15) is 39.5 Å². The molecular formula is C32H32FN5O5S. The van der Waals surface area contributed by atoms with Crippen LogP contribution in [0.25, 0.3) is 0 Å². The Bertz CT molecular complexity index is 1680. The van der Waals surface area contributed by atoms with Crippen molar-refractivity contribution in [3.63, 3.8) is 0 Å². The van der Waals surface area contributed by atoms with Crippen LogP contribution in [0.2, 0.25) is 0 Å². The van der Waals surface area contributed by atoms with Crippen molar-refractivity contribution in [2.75, 3.05) is 18.4 Å². The van der Waals surface area contributed by atoms with Crippen LogP contribution in [0, 0.1) is 12.7 Å². The fraction of sp³-hybridized carbons (Fsp3) is 0.156. The highest BCUT2D eigenvalue weighted by molar-refractivity contribution is 7.90. The van der Waals surface area contributed by atoms with Crippen LogP contribution in [0.15, 0.2) is 108 Å². The van der Waals surface area contributed by atoms with E-state index in [0.29, 0.717) is 0 Å². The molecule has 0 aliphatic heterocycles. The van der Waals surface area contributed by atoms with Crippen LogP contribution in [0.3, 0.4) is 0 Å². The Morgan fingerprint density at radius 2 is 1.39 bits per heavy atom. The van der Waals surface area contributed by atoms with E-state index in [1.165, 1.54) is 24.3 Å². The summed E-state index contributed by atoms with van der Waals surface area (Å²) >= 11 is 0. The largest absolute Gasteiger partial charge is 0.352 e. The van der Waals surface area contributed by atoms with Crippen molar-refractivity contribution in [3.05, 3.63) is 131 Å². The van der Waals surface area contributed by atoms with Gasteiger partial charge in [-0.25, -0.2) is 27.1 Å². The molecule has 5 N–H and O–H groups in total. The summed E-state index contributed by atoms with van der Waals surface area (Å²) in [4.78, 5) is 37.3. The number of carbonyl (C=O) groups is 3. The topological polar surface area (TPSA) is 146 Å². The molecule has 0 unspecified atom stereocenters. The van der Waals surface area contributed by atoms with E-state index in [9.17, 15) is 27.2 Å². The molecule has 4 rings (SSSR count). The number of benzene rings is 4. The van der Waals surface area contributed by atoms with E-state index in [-0.39, 0.29) is 35.7 Å². The molecule has 0 aliphatic rings. The first-order valence-electron chi connectivity index (χ1n) is 13.7. The summed E-state index contributed by atoms with van der Waals surface area (Å²) in [6.45, 7) is 1.95.